The Morgan fingerprint density at radius 1 is 1.26 bits per heavy atom. The first kappa shape index (κ1) is 15.3. The fourth-order valence-corrected chi connectivity index (χ4v) is 1.55. The third kappa shape index (κ3) is 5.19. The maximum atomic E-state index is 10.9. The lowest BCUT2D eigenvalue weighted by molar-refractivity contribution is 0.0690. The van der Waals surface area contributed by atoms with E-state index in [0.29, 0.717) is 32.1 Å². The molecule has 19 heavy (non-hydrogen) atoms. The molecule has 0 saturated heterocycles. The third-order valence-electron chi connectivity index (χ3n) is 2.51. The summed E-state index contributed by atoms with van der Waals surface area (Å²) in [5.41, 5.74) is -0.0633. The van der Waals surface area contributed by atoms with Gasteiger partial charge in [-0.05, 0) is 6.42 Å². The van der Waals surface area contributed by atoms with Crippen LogP contribution in [0.15, 0.2) is 12.4 Å². The van der Waals surface area contributed by atoms with Gasteiger partial charge in [0.25, 0.3) is 0 Å². The minimum absolute atomic E-state index is 0.0633. The second kappa shape index (κ2) is 8.39. The van der Waals surface area contributed by atoms with E-state index in [1.54, 1.807) is 20.4 Å². The van der Waals surface area contributed by atoms with E-state index in [4.69, 9.17) is 14.6 Å². The number of hydrogen-bond donors (Lipinski definition) is 1. The molecule has 0 aliphatic carbocycles. The van der Waals surface area contributed by atoms with Gasteiger partial charge in [-0.1, -0.05) is 0 Å². The van der Waals surface area contributed by atoms with Gasteiger partial charge in [-0.15, -0.1) is 0 Å². The van der Waals surface area contributed by atoms with E-state index in [-0.39, 0.29) is 5.69 Å². The van der Waals surface area contributed by atoms with Crippen molar-refractivity contribution in [2.24, 2.45) is 0 Å². The third-order valence-corrected chi connectivity index (χ3v) is 2.51. The molecule has 7 heteroatoms. The normalized spacial score (nSPS) is 10.4. The summed E-state index contributed by atoms with van der Waals surface area (Å²) in [7, 11) is 3.26. The van der Waals surface area contributed by atoms with Crippen molar-refractivity contribution in [3.8, 4) is 0 Å². The molecule has 0 atom stereocenters. The summed E-state index contributed by atoms with van der Waals surface area (Å²) < 4.78 is 10.0. The highest BCUT2D eigenvalue weighted by atomic mass is 16.5. The lowest BCUT2D eigenvalue weighted by Gasteiger charge is -2.23. The molecule has 106 valence electrons. The number of ether oxygens (including phenoxy) is 2. The number of anilines is 1. The topological polar surface area (TPSA) is 84.8 Å². The summed E-state index contributed by atoms with van der Waals surface area (Å²) >= 11 is 0. The lowest BCUT2D eigenvalue weighted by Crippen LogP contribution is -2.30. The van der Waals surface area contributed by atoms with Gasteiger partial charge in [-0.25, -0.2) is 9.78 Å². The largest absolute Gasteiger partial charge is 0.476 e. The van der Waals surface area contributed by atoms with E-state index in [2.05, 4.69) is 9.97 Å². The van der Waals surface area contributed by atoms with E-state index in [1.807, 2.05) is 4.90 Å². The summed E-state index contributed by atoms with van der Waals surface area (Å²) in [5, 5.41) is 8.92. The molecule has 1 rings (SSSR count). The lowest BCUT2D eigenvalue weighted by atomic mass is 10.3. The molecule has 1 aromatic heterocycles. The van der Waals surface area contributed by atoms with E-state index in [9.17, 15) is 4.79 Å². The van der Waals surface area contributed by atoms with Crippen LogP contribution in [-0.2, 0) is 9.47 Å². The second-order valence-electron chi connectivity index (χ2n) is 3.89. The first-order valence-corrected chi connectivity index (χ1v) is 5.97. The van der Waals surface area contributed by atoms with Crippen LogP contribution in [0.1, 0.15) is 16.9 Å². The molecular weight excluding hydrogens is 250 g/mol. The van der Waals surface area contributed by atoms with Crippen molar-refractivity contribution in [3.63, 3.8) is 0 Å². The molecule has 0 aliphatic heterocycles. The van der Waals surface area contributed by atoms with Gasteiger partial charge in [-0.2, -0.15) is 0 Å². The molecule has 0 bridgehead atoms. The first-order valence-electron chi connectivity index (χ1n) is 5.97. The Hall–Kier alpha value is -1.73. The van der Waals surface area contributed by atoms with Crippen molar-refractivity contribution in [2.45, 2.75) is 6.42 Å². The SMILES string of the molecule is COCCCN(CCOC)c1cncc(C(=O)O)n1. The monoisotopic (exact) mass is 269 g/mol. The van der Waals surface area contributed by atoms with Crippen LogP contribution in [0.2, 0.25) is 0 Å². The van der Waals surface area contributed by atoms with Crippen molar-refractivity contribution < 1.29 is 19.4 Å². The molecule has 0 aromatic carbocycles. The van der Waals surface area contributed by atoms with Gasteiger partial charge in [0.1, 0.15) is 5.82 Å². The average Bonchev–Trinajstić information content (AvgIpc) is 2.43. The van der Waals surface area contributed by atoms with Gasteiger partial charge in [0.15, 0.2) is 5.69 Å². The number of carboxylic acid groups (broad SMARTS) is 1. The van der Waals surface area contributed by atoms with Gasteiger partial charge in [0.05, 0.1) is 19.0 Å². The van der Waals surface area contributed by atoms with Crippen LogP contribution in [0, 0.1) is 0 Å². The van der Waals surface area contributed by atoms with Crippen molar-refractivity contribution in [2.75, 3.05) is 45.4 Å². The minimum atomic E-state index is -1.09. The Morgan fingerprint density at radius 3 is 2.63 bits per heavy atom. The zero-order chi connectivity index (χ0) is 14.1. The molecule has 0 aliphatic rings. The Labute approximate surface area is 112 Å². The molecule has 1 heterocycles. The van der Waals surface area contributed by atoms with Gasteiger partial charge in [0.2, 0.25) is 0 Å². The van der Waals surface area contributed by atoms with Gasteiger partial charge in [-0.3, -0.25) is 4.98 Å². The summed E-state index contributed by atoms with van der Waals surface area (Å²) in [6, 6.07) is 0. The van der Waals surface area contributed by atoms with Crippen molar-refractivity contribution in [1.29, 1.82) is 0 Å². The summed E-state index contributed by atoms with van der Waals surface area (Å²) in [5.74, 6) is -0.550. The van der Waals surface area contributed by atoms with E-state index in [1.165, 1.54) is 6.20 Å². The van der Waals surface area contributed by atoms with Crippen molar-refractivity contribution >= 4 is 11.8 Å². The van der Waals surface area contributed by atoms with E-state index in [0.717, 1.165) is 6.42 Å². The van der Waals surface area contributed by atoms with Crippen LogP contribution >= 0.6 is 0 Å². The Kier molecular flexibility index (Phi) is 6.76. The standard InChI is InChI=1S/C12H19N3O4/c1-18-6-3-4-15(5-7-19-2)11-9-13-8-10(14-11)12(16)17/h8-9H,3-7H2,1-2H3,(H,16,17). The molecule has 1 aromatic rings. The highest BCUT2D eigenvalue weighted by Crippen LogP contribution is 2.10. The number of nitrogens with zero attached hydrogens (tertiary/aromatic N) is 3. The number of carbonyl (C=O) groups is 1. The first-order chi connectivity index (χ1) is 9.19. The Balaban J connectivity index is 2.76. The number of carboxylic acids is 1. The highest BCUT2D eigenvalue weighted by molar-refractivity contribution is 5.85. The molecular formula is C12H19N3O4. The van der Waals surface area contributed by atoms with Crippen LogP contribution in [0.3, 0.4) is 0 Å². The molecule has 0 fully saturated rings. The highest BCUT2D eigenvalue weighted by Gasteiger charge is 2.12. The summed E-state index contributed by atoms with van der Waals surface area (Å²) in [4.78, 5) is 20.8. The molecule has 0 saturated carbocycles. The van der Waals surface area contributed by atoms with Crippen LogP contribution in [-0.4, -0.2) is 61.6 Å². The van der Waals surface area contributed by atoms with Gasteiger partial charge in [0, 0.05) is 33.9 Å². The molecule has 0 radical (unpaired) electrons. The minimum Gasteiger partial charge on any atom is -0.476 e. The number of aromatic carboxylic acids is 1. The van der Waals surface area contributed by atoms with Gasteiger partial charge < -0.3 is 19.5 Å². The Bertz CT molecular complexity index is 400. The fourth-order valence-electron chi connectivity index (χ4n) is 1.55. The zero-order valence-corrected chi connectivity index (χ0v) is 11.2. The fraction of sp³-hybridized carbons (Fsp3) is 0.583. The van der Waals surface area contributed by atoms with Gasteiger partial charge >= 0.3 is 5.97 Å². The molecule has 0 spiro atoms. The smallest absolute Gasteiger partial charge is 0.356 e. The summed E-state index contributed by atoms with van der Waals surface area (Å²) in [6.45, 7) is 2.49. The number of aromatic nitrogens is 2. The maximum Gasteiger partial charge on any atom is 0.356 e. The number of hydrogen-bond acceptors (Lipinski definition) is 6. The van der Waals surface area contributed by atoms with Crippen molar-refractivity contribution in [3.05, 3.63) is 18.1 Å². The zero-order valence-electron chi connectivity index (χ0n) is 11.2. The second-order valence-corrected chi connectivity index (χ2v) is 3.89. The van der Waals surface area contributed by atoms with Crippen LogP contribution in [0.25, 0.3) is 0 Å². The van der Waals surface area contributed by atoms with E-state index >= 15 is 0 Å². The van der Waals surface area contributed by atoms with Crippen LogP contribution < -0.4 is 4.90 Å². The molecule has 0 amide bonds. The average molecular weight is 269 g/mol. The number of rotatable bonds is 9. The van der Waals surface area contributed by atoms with Crippen molar-refractivity contribution in [1.82, 2.24) is 9.97 Å². The molecule has 0 unspecified atom stereocenters. The van der Waals surface area contributed by atoms with Crippen LogP contribution in [0.4, 0.5) is 5.82 Å². The Morgan fingerprint density at radius 2 is 2.00 bits per heavy atom. The number of methoxy groups -OCH3 is 2. The predicted octanol–water partition coefficient (Wildman–Crippen LogP) is 0.664. The van der Waals surface area contributed by atoms with Crippen LogP contribution in [0.5, 0.6) is 0 Å². The molecule has 7 nitrogen and oxygen atoms in total. The quantitative estimate of drug-likeness (QED) is 0.659. The predicted molar refractivity (Wildman–Crippen MR) is 69.6 cm³/mol. The summed E-state index contributed by atoms with van der Waals surface area (Å²) in [6.07, 6.45) is 3.60. The maximum absolute atomic E-state index is 10.9. The molecule has 1 N–H and O–H groups in total. The van der Waals surface area contributed by atoms with E-state index < -0.39 is 5.97 Å².